The summed E-state index contributed by atoms with van der Waals surface area (Å²) >= 11 is 0. The summed E-state index contributed by atoms with van der Waals surface area (Å²) in [5.74, 6) is -2.71. The van der Waals surface area contributed by atoms with Crippen LogP contribution >= 0.6 is 0 Å². The molecule has 2 rings (SSSR count). The molecule has 0 aromatic heterocycles. The minimum absolute atomic E-state index is 0.0731. The molecule has 3 N–H and O–H groups in total. The number of benzene rings is 2. The number of carbonyl (C=O) groups is 2. The van der Waals surface area contributed by atoms with Crippen molar-refractivity contribution in [1.29, 1.82) is 0 Å². The molecule has 2 aromatic carbocycles. The van der Waals surface area contributed by atoms with Crippen LogP contribution < -0.4 is 4.90 Å². The van der Waals surface area contributed by atoms with E-state index in [0.717, 1.165) is 5.56 Å². The molecule has 0 spiro atoms. The summed E-state index contributed by atoms with van der Waals surface area (Å²) in [6.07, 6.45) is 0. The quantitative estimate of drug-likeness (QED) is 0.439. The van der Waals surface area contributed by atoms with E-state index in [1.807, 2.05) is 0 Å². The number of hydrogen-bond acceptors (Lipinski definition) is 6. The van der Waals surface area contributed by atoms with Crippen molar-refractivity contribution in [2.75, 3.05) is 24.6 Å². The fourth-order valence-electron chi connectivity index (χ4n) is 2.82. The molecular formula is C19H20N2O7. The topological polar surface area (TPSA) is 141 Å². The van der Waals surface area contributed by atoms with E-state index >= 15 is 0 Å². The number of rotatable bonds is 9. The second-order valence-electron chi connectivity index (χ2n) is 6.30. The summed E-state index contributed by atoms with van der Waals surface area (Å²) in [5, 5.41) is 38.5. The standard InChI is InChI=1S/C19H20N2O7/c1-12(11-22)16-8-14(4-7-17(16)21(27)28)13-2-5-15(6-3-13)20(9-18(23)24)10-19(25)26/h2-8,12,22H,9-11H2,1H3,(H,23,24)(H,25,26). The van der Waals surface area contributed by atoms with E-state index in [1.165, 1.54) is 11.0 Å². The van der Waals surface area contributed by atoms with Crippen molar-refractivity contribution in [2.24, 2.45) is 0 Å². The molecule has 0 aliphatic carbocycles. The predicted molar refractivity (Wildman–Crippen MR) is 102 cm³/mol. The van der Waals surface area contributed by atoms with Crippen LogP contribution in [0.2, 0.25) is 0 Å². The number of aliphatic carboxylic acids is 2. The van der Waals surface area contributed by atoms with Crippen LogP contribution in [0.3, 0.4) is 0 Å². The van der Waals surface area contributed by atoms with Gasteiger partial charge in [-0.3, -0.25) is 19.7 Å². The van der Waals surface area contributed by atoms with E-state index in [-0.39, 0.29) is 12.3 Å². The molecule has 0 radical (unpaired) electrons. The second-order valence-corrected chi connectivity index (χ2v) is 6.30. The van der Waals surface area contributed by atoms with Gasteiger partial charge in [-0.15, -0.1) is 0 Å². The van der Waals surface area contributed by atoms with Gasteiger partial charge >= 0.3 is 11.9 Å². The Morgan fingerprint density at radius 2 is 1.57 bits per heavy atom. The second kappa shape index (κ2) is 8.96. The van der Waals surface area contributed by atoms with Gasteiger partial charge in [-0.2, -0.15) is 0 Å². The fraction of sp³-hybridized carbons (Fsp3) is 0.263. The first-order valence-corrected chi connectivity index (χ1v) is 8.41. The third-order valence-electron chi connectivity index (χ3n) is 4.25. The Balaban J connectivity index is 2.37. The molecule has 0 fully saturated rings. The highest BCUT2D eigenvalue weighted by Crippen LogP contribution is 2.32. The van der Waals surface area contributed by atoms with Crippen LogP contribution in [-0.2, 0) is 9.59 Å². The number of nitrogens with zero attached hydrogens (tertiary/aromatic N) is 2. The Morgan fingerprint density at radius 3 is 2.04 bits per heavy atom. The van der Waals surface area contributed by atoms with Crippen LogP contribution in [0, 0.1) is 10.1 Å². The van der Waals surface area contributed by atoms with Crippen molar-refractivity contribution >= 4 is 23.3 Å². The largest absolute Gasteiger partial charge is 0.480 e. The number of nitro benzene ring substituents is 1. The van der Waals surface area contributed by atoms with Crippen LogP contribution in [-0.4, -0.2) is 51.9 Å². The molecule has 0 heterocycles. The lowest BCUT2D eigenvalue weighted by Crippen LogP contribution is -2.34. The number of aliphatic hydroxyl groups excluding tert-OH is 1. The molecule has 0 aliphatic rings. The van der Waals surface area contributed by atoms with Crippen molar-refractivity contribution in [3.8, 4) is 11.1 Å². The Hall–Kier alpha value is -3.46. The highest BCUT2D eigenvalue weighted by atomic mass is 16.6. The molecule has 0 saturated heterocycles. The molecule has 28 heavy (non-hydrogen) atoms. The molecule has 2 aromatic rings. The monoisotopic (exact) mass is 388 g/mol. The van der Waals surface area contributed by atoms with E-state index in [2.05, 4.69) is 0 Å². The number of carboxylic acids is 2. The van der Waals surface area contributed by atoms with Gasteiger partial charge in [0.05, 0.1) is 4.92 Å². The Kier molecular flexibility index (Phi) is 6.67. The molecule has 9 heteroatoms. The number of aliphatic hydroxyl groups is 1. The van der Waals surface area contributed by atoms with Gasteiger partial charge in [0.15, 0.2) is 0 Å². The zero-order chi connectivity index (χ0) is 20.8. The lowest BCUT2D eigenvalue weighted by molar-refractivity contribution is -0.385. The average Bonchev–Trinajstić information content (AvgIpc) is 2.65. The SMILES string of the molecule is CC(CO)c1cc(-c2ccc(N(CC(=O)O)CC(=O)O)cc2)ccc1[N+](=O)[O-]. The fourth-order valence-corrected chi connectivity index (χ4v) is 2.82. The highest BCUT2D eigenvalue weighted by Gasteiger charge is 2.20. The zero-order valence-corrected chi connectivity index (χ0v) is 15.1. The predicted octanol–water partition coefficient (Wildman–Crippen LogP) is 2.33. The molecule has 9 nitrogen and oxygen atoms in total. The van der Waals surface area contributed by atoms with Gasteiger partial charge in [0, 0.05) is 29.8 Å². The first-order chi connectivity index (χ1) is 13.2. The molecule has 148 valence electrons. The number of carboxylic acid groups (broad SMARTS) is 2. The lowest BCUT2D eigenvalue weighted by atomic mass is 9.95. The Labute approximate surface area is 160 Å². The van der Waals surface area contributed by atoms with E-state index in [1.54, 1.807) is 43.3 Å². The molecule has 0 aliphatic heterocycles. The smallest absolute Gasteiger partial charge is 0.323 e. The first-order valence-electron chi connectivity index (χ1n) is 8.41. The van der Waals surface area contributed by atoms with E-state index in [9.17, 15) is 24.8 Å². The van der Waals surface area contributed by atoms with E-state index in [0.29, 0.717) is 16.8 Å². The molecular weight excluding hydrogens is 368 g/mol. The van der Waals surface area contributed by atoms with Gasteiger partial charge in [-0.25, -0.2) is 0 Å². The zero-order valence-electron chi connectivity index (χ0n) is 15.1. The van der Waals surface area contributed by atoms with Crippen LogP contribution in [0.15, 0.2) is 42.5 Å². The van der Waals surface area contributed by atoms with Crippen molar-refractivity contribution in [1.82, 2.24) is 0 Å². The summed E-state index contributed by atoms with van der Waals surface area (Å²) in [6, 6.07) is 11.2. The summed E-state index contributed by atoms with van der Waals surface area (Å²) in [6.45, 7) is 0.538. The maximum absolute atomic E-state index is 11.2. The molecule has 0 bridgehead atoms. The summed E-state index contributed by atoms with van der Waals surface area (Å²) in [4.78, 5) is 33.8. The van der Waals surface area contributed by atoms with E-state index < -0.39 is 35.9 Å². The van der Waals surface area contributed by atoms with Gasteiger partial charge in [-0.05, 0) is 35.4 Å². The Bertz CT molecular complexity index is 864. The lowest BCUT2D eigenvalue weighted by Gasteiger charge is -2.21. The van der Waals surface area contributed by atoms with Crippen LogP contribution in [0.4, 0.5) is 11.4 Å². The molecule has 0 saturated carbocycles. The minimum Gasteiger partial charge on any atom is -0.480 e. The molecule has 1 atom stereocenters. The highest BCUT2D eigenvalue weighted by molar-refractivity contribution is 5.80. The Morgan fingerprint density at radius 1 is 1.04 bits per heavy atom. The number of hydrogen-bond donors (Lipinski definition) is 3. The van der Waals surface area contributed by atoms with Crippen molar-refractivity contribution < 1.29 is 29.8 Å². The van der Waals surface area contributed by atoms with Crippen molar-refractivity contribution in [2.45, 2.75) is 12.8 Å². The van der Waals surface area contributed by atoms with Gasteiger partial charge < -0.3 is 20.2 Å². The van der Waals surface area contributed by atoms with Crippen LogP contribution in [0.25, 0.3) is 11.1 Å². The van der Waals surface area contributed by atoms with Gasteiger partial charge in [0.1, 0.15) is 13.1 Å². The maximum atomic E-state index is 11.2. The van der Waals surface area contributed by atoms with Gasteiger partial charge in [0.25, 0.3) is 5.69 Å². The number of nitro groups is 1. The normalized spacial score (nSPS) is 11.6. The minimum atomic E-state index is -1.15. The summed E-state index contributed by atoms with van der Waals surface area (Å²) in [7, 11) is 0. The van der Waals surface area contributed by atoms with Gasteiger partial charge in [0.2, 0.25) is 0 Å². The van der Waals surface area contributed by atoms with Crippen LogP contribution in [0.5, 0.6) is 0 Å². The van der Waals surface area contributed by atoms with Crippen molar-refractivity contribution in [3.05, 3.63) is 58.1 Å². The average molecular weight is 388 g/mol. The summed E-state index contributed by atoms with van der Waals surface area (Å²) < 4.78 is 0. The molecule has 0 amide bonds. The van der Waals surface area contributed by atoms with Crippen LogP contribution in [0.1, 0.15) is 18.4 Å². The maximum Gasteiger partial charge on any atom is 0.323 e. The van der Waals surface area contributed by atoms with E-state index in [4.69, 9.17) is 10.2 Å². The van der Waals surface area contributed by atoms with Crippen molar-refractivity contribution in [3.63, 3.8) is 0 Å². The number of anilines is 1. The summed E-state index contributed by atoms with van der Waals surface area (Å²) in [5.41, 5.74) is 2.17. The molecule has 1 unspecified atom stereocenters. The third kappa shape index (κ3) is 5.04. The van der Waals surface area contributed by atoms with Gasteiger partial charge in [-0.1, -0.05) is 19.1 Å². The third-order valence-corrected chi connectivity index (χ3v) is 4.25. The first kappa shape index (κ1) is 20.8.